The molecule has 5 saturated heterocycles. The van der Waals surface area contributed by atoms with Crippen molar-refractivity contribution in [2.45, 2.75) is 147 Å². The van der Waals surface area contributed by atoms with Gasteiger partial charge in [-0.15, -0.1) is 0 Å². The van der Waals surface area contributed by atoms with Crippen molar-refractivity contribution in [1.29, 1.82) is 0 Å². The first-order valence-electron chi connectivity index (χ1n) is 19.3. The summed E-state index contributed by atoms with van der Waals surface area (Å²) < 4.78 is 36.4. The van der Waals surface area contributed by atoms with Crippen molar-refractivity contribution in [2.75, 3.05) is 52.4 Å². The lowest BCUT2D eigenvalue weighted by molar-refractivity contribution is -0.290. The molecule has 17 unspecified atom stereocenters. The van der Waals surface area contributed by atoms with Crippen LogP contribution in [0.3, 0.4) is 0 Å². The van der Waals surface area contributed by atoms with E-state index < -0.39 is 122 Å². The maximum Gasteiger partial charge on any atom is 0.254 e. The molecule has 0 aromatic carbocycles. The zero-order valence-corrected chi connectivity index (χ0v) is 30.8. The Labute approximate surface area is 318 Å². The lowest BCUT2D eigenvalue weighted by atomic mass is 9.83. The molecule has 0 bridgehead atoms. The number of ether oxygens (including phenoxy) is 6. The van der Waals surface area contributed by atoms with Gasteiger partial charge in [-0.05, 0) is 45.2 Å². The summed E-state index contributed by atoms with van der Waals surface area (Å²) in [4.78, 5) is 13.0. The van der Waals surface area contributed by atoms with Crippen LogP contribution in [0.1, 0.15) is 32.1 Å². The van der Waals surface area contributed by atoms with Gasteiger partial charge < -0.3 is 108 Å². The monoisotopic (exact) mass is 794 g/mol. The minimum absolute atomic E-state index is 0.00615. The molecule has 6 rings (SSSR count). The number of nitrogens with one attached hydrogen (secondary N) is 4. The van der Waals surface area contributed by atoms with E-state index in [2.05, 4.69) is 21.3 Å². The lowest BCUT2D eigenvalue weighted by Crippen LogP contribution is -2.71. The van der Waals surface area contributed by atoms with Gasteiger partial charge in [0.2, 0.25) is 0 Å². The Balaban J connectivity index is 1.16. The third kappa shape index (κ3) is 9.60. The molecule has 0 aromatic heterocycles. The Hall–Kier alpha value is -1.33. The fourth-order valence-electron chi connectivity index (χ4n) is 8.10. The fraction of sp³-hybridized carbons (Fsp3) is 0.970. The molecule has 5 aliphatic heterocycles. The Morgan fingerprint density at radius 1 is 0.782 bits per heavy atom. The van der Waals surface area contributed by atoms with Crippen LogP contribution in [-0.2, 0) is 33.2 Å². The summed E-state index contributed by atoms with van der Waals surface area (Å²) in [5.41, 5.74) is 22.4. The molecule has 0 spiro atoms. The highest BCUT2D eigenvalue weighted by atomic mass is 16.8. The predicted octanol–water partition coefficient (Wildman–Crippen LogP) is -8.60. The number of carbonyl (C=O) groups is 1. The molecule has 318 valence electrons. The molecule has 6 aliphatic rings. The maximum atomic E-state index is 13.0. The van der Waals surface area contributed by atoms with Crippen LogP contribution in [0.4, 0.5) is 0 Å². The van der Waals surface area contributed by atoms with Gasteiger partial charge in [0.25, 0.3) is 5.91 Å². The first-order chi connectivity index (χ1) is 26.2. The Bertz CT molecular complexity index is 1250. The molecule has 22 nitrogen and oxygen atoms in total. The van der Waals surface area contributed by atoms with Gasteiger partial charge in [0, 0.05) is 38.8 Å². The second-order valence-electron chi connectivity index (χ2n) is 15.9. The number of hydrogen-bond acceptors (Lipinski definition) is 21. The highest BCUT2D eigenvalue weighted by molar-refractivity contribution is 5.87. The quantitative estimate of drug-likeness (QED) is 0.0776. The summed E-state index contributed by atoms with van der Waals surface area (Å²) in [6, 6.07) is -3.81. The van der Waals surface area contributed by atoms with Crippen LogP contribution in [0.25, 0.3) is 0 Å². The van der Waals surface area contributed by atoms with E-state index in [1.54, 1.807) is 0 Å². The number of rotatable bonds is 14. The van der Waals surface area contributed by atoms with E-state index >= 15 is 0 Å². The van der Waals surface area contributed by atoms with Crippen LogP contribution < -0.4 is 44.2 Å². The number of hydrogen-bond donors (Lipinski definition) is 15. The molecule has 1 saturated carbocycles. The van der Waals surface area contributed by atoms with Crippen molar-refractivity contribution < 1.29 is 69.0 Å². The number of aliphatic hydroxyl groups excluding tert-OH is 5. The maximum absolute atomic E-state index is 13.0. The van der Waals surface area contributed by atoms with Gasteiger partial charge in [-0.25, -0.2) is 0 Å². The third-order valence-electron chi connectivity index (χ3n) is 11.8. The van der Waals surface area contributed by atoms with Crippen LogP contribution in [0, 0.1) is 0 Å². The van der Waals surface area contributed by atoms with Crippen LogP contribution in [-0.4, -0.2) is 209 Å². The van der Waals surface area contributed by atoms with Crippen molar-refractivity contribution >= 4 is 5.91 Å². The largest absolute Gasteiger partial charge is 0.394 e. The number of nitrogens with two attached hydrogens (primary N) is 4. The molecule has 1 amide bonds. The van der Waals surface area contributed by atoms with Crippen LogP contribution >= 0.6 is 0 Å². The second kappa shape index (κ2) is 18.3. The Morgan fingerprint density at radius 3 is 2.11 bits per heavy atom. The number of amides is 1. The molecule has 5 heterocycles. The van der Waals surface area contributed by atoms with Gasteiger partial charge in [0.05, 0.1) is 36.4 Å². The third-order valence-corrected chi connectivity index (χ3v) is 11.8. The molecule has 55 heavy (non-hydrogen) atoms. The summed E-state index contributed by atoms with van der Waals surface area (Å²) in [5.74, 6) is -0.722. The molecule has 1 aliphatic carbocycles. The number of β-amino-alcohol motifs (C(OH)–C–C–N with tert-alkyl or cyclic N) is 1. The molecule has 22 heteroatoms. The van der Waals surface area contributed by atoms with Gasteiger partial charge in [0.1, 0.15) is 54.9 Å². The molecule has 0 aromatic rings. The zero-order chi connectivity index (χ0) is 39.7. The normalized spacial score (nSPS) is 45.8. The van der Waals surface area contributed by atoms with Gasteiger partial charge in [-0.3, -0.25) is 4.79 Å². The van der Waals surface area contributed by atoms with Crippen molar-refractivity contribution in [3.8, 4) is 0 Å². The average molecular weight is 795 g/mol. The molecule has 6 fully saturated rings. The summed E-state index contributed by atoms with van der Waals surface area (Å²) in [6.07, 6.45) is -14.1. The molecular formula is C33H62N8O14. The van der Waals surface area contributed by atoms with E-state index in [1.165, 1.54) is 0 Å². The summed E-state index contributed by atoms with van der Waals surface area (Å²) in [6.45, 7) is 1.45. The van der Waals surface area contributed by atoms with E-state index in [-0.39, 0.29) is 32.2 Å². The van der Waals surface area contributed by atoms with Gasteiger partial charge in [0.15, 0.2) is 24.5 Å². The van der Waals surface area contributed by atoms with E-state index in [0.717, 1.165) is 13.1 Å². The summed E-state index contributed by atoms with van der Waals surface area (Å²) in [7, 11) is 0. The van der Waals surface area contributed by atoms with Gasteiger partial charge in [-0.1, -0.05) is 0 Å². The number of carbonyl (C=O) groups excluding carboxylic acids is 1. The van der Waals surface area contributed by atoms with Gasteiger partial charge in [-0.2, -0.15) is 0 Å². The highest BCUT2D eigenvalue weighted by Gasteiger charge is 2.55. The summed E-state index contributed by atoms with van der Waals surface area (Å²) in [5, 5.41) is 87.7. The SMILES string of the molecule is NCC1OC(OC2C(CO)OC(OC3C(O)C(NC(=O)C4(O)CNC4)CC(N)C3OC3OC(CNCC4(O)CCNCC4)CCC3N)C2O)C(N)C(O)C1O. The topological polar surface area (TPSA) is 366 Å². The van der Waals surface area contributed by atoms with E-state index in [4.69, 9.17) is 51.4 Å². The van der Waals surface area contributed by atoms with Crippen molar-refractivity contribution in [2.24, 2.45) is 22.9 Å². The van der Waals surface area contributed by atoms with E-state index in [0.29, 0.717) is 38.8 Å². The minimum Gasteiger partial charge on any atom is -0.394 e. The molecule has 19 N–H and O–H groups in total. The van der Waals surface area contributed by atoms with Crippen molar-refractivity contribution in [3.63, 3.8) is 0 Å². The number of piperidine rings is 1. The standard InChI is InChI=1S/C33H62N8O14/c34-8-18-22(44)23(45)20(37)29(51-18)54-26-19(10-42)52-30(24(26)46)55-27-21(43)17(41-31(47)33(49)12-40-13-33)7-16(36)25(27)53-28-15(35)2-1-14(50-28)9-39-11-32(48)3-5-38-6-4-32/h14-30,38-40,42-46,48-49H,1-13,34-37H2,(H,41,47). The minimum atomic E-state index is -1.68. The van der Waals surface area contributed by atoms with Crippen LogP contribution in [0.2, 0.25) is 0 Å². The first-order valence-corrected chi connectivity index (χ1v) is 19.3. The molecule has 17 atom stereocenters. The van der Waals surface area contributed by atoms with E-state index in [9.17, 15) is 40.5 Å². The van der Waals surface area contributed by atoms with Crippen molar-refractivity contribution in [1.82, 2.24) is 21.3 Å². The average Bonchev–Trinajstić information content (AvgIpc) is 3.45. The second-order valence-corrected chi connectivity index (χ2v) is 15.9. The van der Waals surface area contributed by atoms with Gasteiger partial charge >= 0.3 is 0 Å². The fourth-order valence-corrected chi connectivity index (χ4v) is 8.10. The molecule has 0 radical (unpaired) electrons. The zero-order valence-electron chi connectivity index (χ0n) is 30.8. The lowest BCUT2D eigenvalue weighted by Gasteiger charge is -2.47. The molecular weight excluding hydrogens is 732 g/mol. The van der Waals surface area contributed by atoms with Crippen molar-refractivity contribution in [3.05, 3.63) is 0 Å². The highest BCUT2D eigenvalue weighted by Crippen LogP contribution is 2.35. The summed E-state index contributed by atoms with van der Waals surface area (Å²) >= 11 is 0. The smallest absolute Gasteiger partial charge is 0.254 e. The van der Waals surface area contributed by atoms with Crippen LogP contribution in [0.15, 0.2) is 0 Å². The predicted molar refractivity (Wildman–Crippen MR) is 188 cm³/mol. The Morgan fingerprint density at radius 2 is 1.45 bits per heavy atom. The van der Waals surface area contributed by atoms with E-state index in [1.807, 2.05) is 0 Å². The first kappa shape index (κ1) is 43.3. The van der Waals surface area contributed by atoms with Crippen LogP contribution in [0.5, 0.6) is 0 Å². The number of aliphatic hydroxyl groups is 7. The Kier molecular flexibility index (Phi) is 14.4.